The van der Waals surface area contributed by atoms with Gasteiger partial charge in [0.15, 0.2) is 0 Å². The van der Waals surface area contributed by atoms with Crippen molar-refractivity contribution in [3.63, 3.8) is 0 Å². The summed E-state index contributed by atoms with van der Waals surface area (Å²) in [4.78, 5) is 26.1. The molecule has 5 heteroatoms. The molecule has 5 nitrogen and oxygen atoms in total. The Hall–Kier alpha value is -1.88. The van der Waals surface area contributed by atoms with Crippen LogP contribution in [0.2, 0.25) is 0 Å². The summed E-state index contributed by atoms with van der Waals surface area (Å²) in [6.07, 6.45) is 0.978. The Labute approximate surface area is 118 Å². The fourth-order valence-electron chi connectivity index (χ4n) is 2.34. The standard InChI is InChI=1S/C15H20N2O3/c18-12-16-8-10-17(11-9-16)15(20)7-6-14(19)13-4-2-1-3-5-13/h1-5,12,14,19H,6-11H2. The van der Waals surface area contributed by atoms with Gasteiger partial charge in [-0.05, 0) is 12.0 Å². The van der Waals surface area contributed by atoms with Crippen LogP contribution in [-0.4, -0.2) is 53.4 Å². The molecule has 1 N–H and O–H groups in total. The lowest BCUT2D eigenvalue weighted by molar-refractivity contribution is -0.135. The van der Waals surface area contributed by atoms with E-state index in [2.05, 4.69) is 0 Å². The Kier molecular flexibility index (Phi) is 5.12. The van der Waals surface area contributed by atoms with Crippen LogP contribution in [0.15, 0.2) is 30.3 Å². The molecule has 0 aliphatic carbocycles. The van der Waals surface area contributed by atoms with Crippen LogP contribution in [0.5, 0.6) is 0 Å². The van der Waals surface area contributed by atoms with Gasteiger partial charge in [0.2, 0.25) is 12.3 Å². The molecule has 0 bridgehead atoms. The average Bonchev–Trinajstić information content (AvgIpc) is 2.53. The molecule has 0 saturated carbocycles. The molecule has 0 radical (unpaired) electrons. The predicted molar refractivity (Wildman–Crippen MR) is 74.9 cm³/mol. The highest BCUT2D eigenvalue weighted by molar-refractivity contribution is 5.76. The Bertz CT molecular complexity index is 442. The molecule has 108 valence electrons. The maximum Gasteiger partial charge on any atom is 0.222 e. The van der Waals surface area contributed by atoms with Gasteiger partial charge in [-0.2, -0.15) is 0 Å². The summed E-state index contributed by atoms with van der Waals surface area (Å²) in [6, 6.07) is 9.36. The van der Waals surface area contributed by atoms with Crippen molar-refractivity contribution < 1.29 is 14.7 Å². The van der Waals surface area contributed by atoms with Crippen molar-refractivity contribution in [1.82, 2.24) is 9.80 Å². The summed E-state index contributed by atoms with van der Waals surface area (Å²) in [5.74, 6) is 0.0468. The summed E-state index contributed by atoms with van der Waals surface area (Å²) in [7, 11) is 0. The van der Waals surface area contributed by atoms with Gasteiger partial charge in [0.1, 0.15) is 0 Å². The highest BCUT2D eigenvalue weighted by atomic mass is 16.3. The largest absolute Gasteiger partial charge is 0.388 e. The van der Waals surface area contributed by atoms with Crippen molar-refractivity contribution in [3.8, 4) is 0 Å². The Morgan fingerprint density at radius 1 is 1.20 bits per heavy atom. The van der Waals surface area contributed by atoms with Gasteiger partial charge in [-0.25, -0.2) is 0 Å². The van der Waals surface area contributed by atoms with E-state index in [1.165, 1.54) is 0 Å². The molecule has 1 saturated heterocycles. The molecule has 1 aromatic carbocycles. The van der Waals surface area contributed by atoms with Gasteiger partial charge in [-0.15, -0.1) is 0 Å². The zero-order valence-corrected chi connectivity index (χ0v) is 11.4. The first-order valence-electron chi connectivity index (χ1n) is 6.91. The molecule has 1 atom stereocenters. The van der Waals surface area contributed by atoms with Crippen LogP contribution < -0.4 is 0 Å². The molecule has 0 aromatic heterocycles. The fraction of sp³-hybridized carbons (Fsp3) is 0.467. The predicted octanol–water partition coefficient (Wildman–Crippen LogP) is 0.801. The van der Waals surface area contributed by atoms with E-state index in [4.69, 9.17) is 0 Å². The number of aliphatic hydroxyl groups excluding tert-OH is 1. The quantitative estimate of drug-likeness (QED) is 0.809. The number of aliphatic hydroxyl groups is 1. The molecule has 0 spiro atoms. The second kappa shape index (κ2) is 7.05. The zero-order chi connectivity index (χ0) is 14.4. The van der Waals surface area contributed by atoms with Gasteiger partial charge in [-0.1, -0.05) is 30.3 Å². The zero-order valence-electron chi connectivity index (χ0n) is 11.4. The highest BCUT2D eigenvalue weighted by Gasteiger charge is 2.20. The molecular weight excluding hydrogens is 256 g/mol. The van der Waals surface area contributed by atoms with E-state index in [9.17, 15) is 14.7 Å². The van der Waals surface area contributed by atoms with Crippen molar-refractivity contribution in [2.75, 3.05) is 26.2 Å². The second-order valence-electron chi connectivity index (χ2n) is 4.99. The normalized spacial score (nSPS) is 16.9. The molecule has 1 heterocycles. The maximum atomic E-state index is 12.0. The van der Waals surface area contributed by atoms with E-state index in [0.717, 1.165) is 12.0 Å². The summed E-state index contributed by atoms with van der Waals surface area (Å²) >= 11 is 0. The molecule has 20 heavy (non-hydrogen) atoms. The number of carbonyl (C=O) groups excluding carboxylic acids is 2. The third-order valence-electron chi connectivity index (χ3n) is 3.63. The first kappa shape index (κ1) is 14.5. The minimum absolute atomic E-state index is 0.0468. The lowest BCUT2D eigenvalue weighted by Crippen LogP contribution is -2.48. The van der Waals surface area contributed by atoms with Crippen LogP contribution in [0.25, 0.3) is 0 Å². The van der Waals surface area contributed by atoms with E-state index in [1.54, 1.807) is 9.80 Å². The molecule has 1 fully saturated rings. The van der Waals surface area contributed by atoms with Crippen LogP contribution in [-0.2, 0) is 9.59 Å². The lowest BCUT2D eigenvalue weighted by atomic mass is 10.0. The number of piperazine rings is 1. The van der Waals surface area contributed by atoms with E-state index in [0.29, 0.717) is 39.0 Å². The van der Waals surface area contributed by atoms with E-state index in [1.807, 2.05) is 30.3 Å². The van der Waals surface area contributed by atoms with E-state index in [-0.39, 0.29) is 5.91 Å². The SMILES string of the molecule is O=CN1CCN(C(=O)CCC(O)c2ccccc2)CC1. The Balaban J connectivity index is 1.77. The van der Waals surface area contributed by atoms with Crippen molar-refractivity contribution in [2.24, 2.45) is 0 Å². The highest BCUT2D eigenvalue weighted by Crippen LogP contribution is 2.18. The van der Waals surface area contributed by atoms with Crippen LogP contribution >= 0.6 is 0 Å². The van der Waals surface area contributed by atoms with Gasteiger partial charge >= 0.3 is 0 Å². The average molecular weight is 276 g/mol. The van der Waals surface area contributed by atoms with Crippen LogP contribution in [0, 0.1) is 0 Å². The first-order valence-corrected chi connectivity index (χ1v) is 6.91. The Morgan fingerprint density at radius 2 is 1.85 bits per heavy atom. The topological polar surface area (TPSA) is 60.9 Å². The number of amides is 2. The van der Waals surface area contributed by atoms with Gasteiger partial charge < -0.3 is 14.9 Å². The summed E-state index contributed by atoms with van der Waals surface area (Å²) in [6.45, 7) is 2.35. The minimum Gasteiger partial charge on any atom is -0.388 e. The third kappa shape index (κ3) is 3.81. The van der Waals surface area contributed by atoms with Crippen molar-refractivity contribution in [3.05, 3.63) is 35.9 Å². The second-order valence-corrected chi connectivity index (χ2v) is 4.99. The summed E-state index contributed by atoms with van der Waals surface area (Å²) in [5.41, 5.74) is 0.839. The molecular formula is C15H20N2O3. The number of nitrogens with zero attached hydrogens (tertiary/aromatic N) is 2. The minimum atomic E-state index is -0.601. The van der Waals surface area contributed by atoms with Crippen molar-refractivity contribution in [1.29, 1.82) is 0 Å². The van der Waals surface area contributed by atoms with Crippen LogP contribution in [0.1, 0.15) is 24.5 Å². The molecule has 1 aliphatic rings. The molecule has 1 aliphatic heterocycles. The van der Waals surface area contributed by atoms with Gasteiger partial charge in [0.05, 0.1) is 6.10 Å². The molecule has 1 unspecified atom stereocenters. The van der Waals surface area contributed by atoms with E-state index >= 15 is 0 Å². The van der Waals surface area contributed by atoms with Gasteiger partial charge in [0, 0.05) is 32.6 Å². The van der Waals surface area contributed by atoms with Crippen LogP contribution in [0.4, 0.5) is 0 Å². The summed E-state index contributed by atoms with van der Waals surface area (Å²) in [5, 5.41) is 10.0. The lowest BCUT2D eigenvalue weighted by Gasteiger charge is -2.32. The molecule has 2 amide bonds. The number of carbonyl (C=O) groups is 2. The smallest absolute Gasteiger partial charge is 0.222 e. The van der Waals surface area contributed by atoms with Crippen molar-refractivity contribution in [2.45, 2.75) is 18.9 Å². The first-order chi connectivity index (χ1) is 9.70. The van der Waals surface area contributed by atoms with E-state index < -0.39 is 6.10 Å². The summed E-state index contributed by atoms with van der Waals surface area (Å²) < 4.78 is 0. The number of benzene rings is 1. The number of rotatable bonds is 5. The Morgan fingerprint density at radius 3 is 2.45 bits per heavy atom. The fourth-order valence-corrected chi connectivity index (χ4v) is 2.34. The molecule has 2 rings (SSSR count). The number of hydrogen-bond acceptors (Lipinski definition) is 3. The van der Waals surface area contributed by atoms with Gasteiger partial charge in [0.25, 0.3) is 0 Å². The third-order valence-corrected chi connectivity index (χ3v) is 3.63. The van der Waals surface area contributed by atoms with Gasteiger partial charge in [-0.3, -0.25) is 9.59 Å². The number of hydrogen-bond donors (Lipinski definition) is 1. The van der Waals surface area contributed by atoms with Crippen LogP contribution in [0.3, 0.4) is 0 Å². The molecule has 1 aromatic rings. The maximum absolute atomic E-state index is 12.0. The monoisotopic (exact) mass is 276 g/mol. The van der Waals surface area contributed by atoms with Crippen molar-refractivity contribution >= 4 is 12.3 Å².